The van der Waals surface area contributed by atoms with E-state index in [0.29, 0.717) is 4.57 Å². The van der Waals surface area contributed by atoms with Gasteiger partial charge in [0.1, 0.15) is 18.6 Å². The maximum atomic E-state index is 13.7. The van der Waals surface area contributed by atoms with Crippen molar-refractivity contribution in [3.63, 3.8) is 0 Å². The third-order valence-electron chi connectivity index (χ3n) is 4.51. The number of rotatable bonds is 7. The zero-order chi connectivity index (χ0) is 25.0. The van der Waals surface area contributed by atoms with Gasteiger partial charge in [0.25, 0.3) is 5.91 Å². The summed E-state index contributed by atoms with van der Waals surface area (Å²) in [5, 5.41) is 4.78. The number of para-hydroxylation sites is 1. The first-order valence-corrected chi connectivity index (χ1v) is 10.5. The van der Waals surface area contributed by atoms with Crippen molar-refractivity contribution in [2.45, 2.75) is 19.6 Å². The molecule has 2 amide bonds. The van der Waals surface area contributed by atoms with Gasteiger partial charge in [-0.1, -0.05) is 35.3 Å². The highest BCUT2D eigenvalue weighted by Gasteiger charge is 2.38. The van der Waals surface area contributed by atoms with Crippen LogP contribution in [-0.4, -0.2) is 40.5 Å². The Morgan fingerprint density at radius 3 is 2.35 bits per heavy atom. The molecule has 180 valence electrons. The number of hydrogen-bond donors (Lipinski definition) is 2. The minimum absolute atomic E-state index is 0.0466. The van der Waals surface area contributed by atoms with Crippen molar-refractivity contribution in [2.24, 2.45) is 0 Å². The summed E-state index contributed by atoms with van der Waals surface area (Å²) < 4.78 is 46.4. The fourth-order valence-corrected chi connectivity index (χ4v) is 3.68. The number of nitrogens with zero attached hydrogens (tertiary/aromatic N) is 2. The van der Waals surface area contributed by atoms with E-state index in [9.17, 15) is 27.6 Å². The number of esters is 1. The summed E-state index contributed by atoms with van der Waals surface area (Å²) in [6, 6.07) is 8.47. The van der Waals surface area contributed by atoms with Crippen LogP contribution in [0.2, 0.25) is 10.0 Å². The van der Waals surface area contributed by atoms with E-state index in [-0.39, 0.29) is 38.9 Å². The van der Waals surface area contributed by atoms with Crippen molar-refractivity contribution in [3.05, 3.63) is 57.8 Å². The van der Waals surface area contributed by atoms with Crippen LogP contribution in [-0.2, 0) is 27.0 Å². The first-order valence-electron chi connectivity index (χ1n) is 9.77. The molecule has 0 spiro atoms. The van der Waals surface area contributed by atoms with Crippen molar-refractivity contribution in [1.82, 2.24) is 14.9 Å². The Kier molecular flexibility index (Phi) is 7.68. The zero-order valence-corrected chi connectivity index (χ0v) is 19.0. The molecule has 2 aromatic carbocycles. The Hall–Kier alpha value is -3.31. The van der Waals surface area contributed by atoms with E-state index in [4.69, 9.17) is 23.2 Å². The summed E-state index contributed by atoms with van der Waals surface area (Å²) in [5.41, 5.74) is -0.377. The first kappa shape index (κ1) is 25.3. The molecular weight excluding hydrogens is 500 g/mol. The first-order chi connectivity index (χ1) is 16.0. The normalized spacial score (nSPS) is 11.4. The van der Waals surface area contributed by atoms with E-state index in [2.05, 4.69) is 20.4 Å². The minimum Gasteiger partial charge on any atom is -0.465 e. The lowest BCUT2D eigenvalue weighted by Gasteiger charge is -2.12. The number of anilines is 1. The zero-order valence-electron chi connectivity index (χ0n) is 17.5. The monoisotopic (exact) mass is 516 g/mol. The van der Waals surface area contributed by atoms with Gasteiger partial charge in [-0.05, 0) is 31.2 Å². The molecule has 0 unspecified atom stereocenters. The second kappa shape index (κ2) is 10.3. The molecule has 0 fully saturated rings. The second-order valence-electron chi connectivity index (χ2n) is 6.83. The van der Waals surface area contributed by atoms with Crippen LogP contribution in [0.1, 0.15) is 23.1 Å². The Bertz CT molecular complexity index is 1240. The summed E-state index contributed by atoms with van der Waals surface area (Å²) in [5.74, 6) is -3.70. The van der Waals surface area contributed by atoms with Gasteiger partial charge in [-0.25, -0.2) is 4.98 Å². The molecule has 3 aromatic rings. The van der Waals surface area contributed by atoms with Crippen LogP contribution in [0.3, 0.4) is 0 Å². The van der Waals surface area contributed by atoms with Crippen molar-refractivity contribution < 1.29 is 32.3 Å². The maximum Gasteiger partial charge on any atom is 0.449 e. The van der Waals surface area contributed by atoms with Crippen LogP contribution in [0, 0.1) is 0 Å². The molecule has 0 aliphatic rings. The lowest BCUT2D eigenvalue weighted by molar-refractivity contribution is -0.148. The number of fused-ring (bicyclic) bond motifs is 1. The van der Waals surface area contributed by atoms with Crippen molar-refractivity contribution in [2.75, 3.05) is 18.5 Å². The molecule has 1 aromatic heterocycles. The Morgan fingerprint density at radius 2 is 1.74 bits per heavy atom. The van der Waals surface area contributed by atoms with E-state index in [1.807, 2.05) is 0 Å². The molecule has 0 saturated carbocycles. The van der Waals surface area contributed by atoms with Gasteiger partial charge in [0, 0.05) is 0 Å². The number of ether oxygens (including phenoxy) is 1. The van der Waals surface area contributed by atoms with E-state index < -0.39 is 42.9 Å². The van der Waals surface area contributed by atoms with Crippen molar-refractivity contribution in [3.8, 4) is 0 Å². The lowest BCUT2D eigenvalue weighted by Crippen LogP contribution is -2.34. The number of hydrogen-bond acceptors (Lipinski definition) is 5. The summed E-state index contributed by atoms with van der Waals surface area (Å²) in [7, 11) is 0. The van der Waals surface area contributed by atoms with E-state index in [0.717, 1.165) is 0 Å². The molecule has 0 radical (unpaired) electrons. The quantitative estimate of drug-likeness (QED) is 0.456. The largest absolute Gasteiger partial charge is 0.465 e. The predicted molar refractivity (Wildman–Crippen MR) is 119 cm³/mol. The summed E-state index contributed by atoms with van der Waals surface area (Å²) in [4.78, 5) is 40.0. The minimum atomic E-state index is -4.91. The average molecular weight is 517 g/mol. The maximum absolute atomic E-state index is 13.7. The lowest BCUT2D eigenvalue weighted by atomic mass is 10.2. The van der Waals surface area contributed by atoms with Crippen molar-refractivity contribution in [1.29, 1.82) is 0 Å². The number of carbonyl (C=O) groups excluding carboxylic acids is 3. The standard InChI is InChI=1S/C21H17Cl2F3N4O4/c1-2-34-16(32)9-27-15(31)10-30-14-8-4-7-13(18(14)29-20(30)21(24,25)26)28-19(33)17-11(22)5-3-6-12(17)23/h3-8H,2,9-10H2,1H3,(H,27,31)(H,28,33). The molecule has 2 N–H and O–H groups in total. The second-order valence-corrected chi connectivity index (χ2v) is 7.64. The van der Waals surface area contributed by atoms with Gasteiger partial charge in [0.15, 0.2) is 0 Å². The van der Waals surface area contributed by atoms with Gasteiger partial charge in [-0.2, -0.15) is 13.2 Å². The molecule has 0 atom stereocenters. The Morgan fingerprint density at radius 1 is 1.09 bits per heavy atom. The van der Waals surface area contributed by atoms with E-state index in [1.54, 1.807) is 6.92 Å². The average Bonchev–Trinajstić information content (AvgIpc) is 3.12. The van der Waals surface area contributed by atoms with Gasteiger partial charge in [-0.3, -0.25) is 14.4 Å². The third-order valence-corrected chi connectivity index (χ3v) is 5.14. The Balaban J connectivity index is 1.96. The van der Waals surface area contributed by atoms with E-state index in [1.165, 1.54) is 36.4 Å². The summed E-state index contributed by atoms with van der Waals surface area (Å²) in [6.07, 6.45) is -4.91. The highest BCUT2D eigenvalue weighted by Crippen LogP contribution is 2.34. The van der Waals surface area contributed by atoms with Crippen LogP contribution >= 0.6 is 23.2 Å². The number of amides is 2. The van der Waals surface area contributed by atoms with Crippen molar-refractivity contribution >= 4 is 57.7 Å². The topological polar surface area (TPSA) is 102 Å². The third kappa shape index (κ3) is 5.60. The molecule has 0 saturated heterocycles. The van der Waals surface area contributed by atoms with Crippen LogP contribution in [0.15, 0.2) is 36.4 Å². The Labute approximate surface area is 201 Å². The molecular formula is C21H17Cl2F3N4O4. The number of aromatic nitrogens is 2. The van der Waals surface area contributed by atoms with Crippen LogP contribution in [0.4, 0.5) is 18.9 Å². The van der Waals surface area contributed by atoms with Gasteiger partial charge in [-0.15, -0.1) is 0 Å². The van der Waals surface area contributed by atoms with Gasteiger partial charge >= 0.3 is 12.1 Å². The number of nitrogens with one attached hydrogen (secondary N) is 2. The smallest absolute Gasteiger partial charge is 0.449 e. The molecule has 34 heavy (non-hydrogen) atoms. The fraction of sp³-hybridized carbons (Fsp3) is 0.238. The highest BCUT2D eigenvalue weighted by atomic mass is 35.5. The molecule has 3 rings (SSSR count). The van der Waals surface area contributed by atoms with Gasteiger partial charge < -0.3 is 19.9 Å². The highest BCUT2D eigenvalue weighted by molar-refractivity contribution is 6.40. The number of imidazole rings is 1. The molecule has 0 bridgehead atoms. The SMILES string of the molecule is CCOC(=O)CNC(=O)Cn1c(C(F)(F)F)nc2c(NC(=O)c3c(Cl)cccc3Cl)cccc21. The predicted octanol–water partition coefficient (Wildman–Crippen LogP) is 4.29. The van der Waals surface area contributed by atoms with Gasteiger partial charge in [0.05, 0.1) is 33.4 Å². The molecule has 0 aliphatic carbocycles. The molecule has 0 aliphatic heterocycles. The number of benzene rings is 2. The van der Waals surface area contributed by atoms with Gasteiger partial charge in [0.2, 0.25) is 11.7 Å². The summed E-state index contributed by atoms with van der Waals surface area (Å²) >= 11 is 12.1. The van der Waals surface area contributed by atoms with Crippen LogP contribution < -0.4 is 10.6 Å². The summed E-state index contributed by atoms with van der Waals surface area (Å²) in [6.45, 7) is 0.384. The molecule has 8 nitrogen and oxygen atoms in total. The number of halogens is 5. The number of carbonyl (C=O) groups is 3. The van der Waals surface area contributed by atoms with E-state index >= 15 is 0 Å². The number of alkyl halides is 3. The van der Waals surface area contributed by atoms with Crippen LogP contribution in [0.5, 0.6) is 0 Å². The molecule has 13 heteroatoms. The molecule has 1 heterocycles. The van der Waals surface area contributed by atoms with Crippen LogP contribution in [0.25, 0.3) is 11.0 Å². The fourth-order valence-electron chi connectivity index (χ4n) is 3.11.